The van der Waals surface area contributed by atoms with Gasteiger partial charge < -0.3 is 9.15 Å². The minimum Gasteiger partial charge on any atom is -0.456 e. The lowest BCUT2D eigenvalue weighted by Gasteiger charge is -2.19. The maximum absolute atomic E-state index is 6.61. The van der Waals surface area contributed by atoms with Gasteiger partial charge in [-0.1, -0.05) is 69.3 Å². The van der Waals surface area contributed by atoms with Crippen molar-refractivity contribution < 1.29 is 9.15 Å². The first-order valence-electron chi connectivity index (χ1n) is 16.8. The molecule has 6 heterocycles. The molecule has 10 rings (SSSR count). The van der Waals surface area contributed by atoms with Crippen molar-refractivity contribution in [1.82, 2.24) is 23.9 Å². The number of hydrogen-bond donors (Lipinski definition) is 0. The number of pyridine rings is 3. The van der Waals surface area contributed by atoms with Crippen LogP contribution in [-0.2, 0) is 5.41 Å². The predicted octanol–water partition coefficient (Wildman–Crippen LogP) is 11.0. The fraction of sp³-hybridized carbons (Fsp3) is 0.0930. The molecule has 7 heteroatoms. The minimum absolute atomic E-state index is 0.0618. The number of fused-ring (bicyclic) bond motifs is 10. The van der Waals surface area contributed by atoms with Gasteiger partial charge in [-0.25, -0.2) is 4.98 Å². The number of rotatable bonds is 4. The first-order valence-corrected chi connectivity index (χ1v) is 16.8. The maximum Gasteiger partial charge on any atom is 0.221 e. The van der Waals surface area contributed by atoms with E-state index < -0.39 is 0 Å². The highest BCUT2D eigenvalue weighted by Gasteiger charge is 2.21. The summed E-state index contributed by atoms with van der Waals surface area (Å²) in [5, 5.41) is 4.08. The summed E-state index contributed by atoms with van der Waals surface area (Å²) >= 11 is 0. The number of aromatic nitrogens is 5. The van der Waals surface area contributed by atoms with E-state index in [0.29, 0.717) is 17.2 Å². The highest BCUT2D eigenvalue weighted by Crippen LogP contribution is 2.42. The Labute approximate surface area is 287 Å². The minimum atomic E-state index is 0.0618. The van der Waals surface area contributed by atoms with Crippen LogP contribution in [0.15, 0.2) is 138 Å². The van der Waals surface area contributed by atoms with Crippen LogP contribution in [0.4, 0.5) is 0 Å². The Hall–Kier alpha value is -6.47. The third kappa shape index (κ3) is 4.33. The number of ether oxygens (including phenoxy) is 1. The van der Waals surface area contributed by atoms with Crippen LogP contribution in [0.2, 0.25) is 0 Å². The van der Waals surface area contributed by atoms with Gasteiger partial charge in [-0.3, -0.25) is 14.0 Å². The van der Waals surface area contributed by atoms with E-state index in [1.54, 1.807) is 6.20 Å². The number of furan rings is 1. The van der Waals surface area contributed by atoms with E-state index in [4.69, 9.17) is 24.1 Å². The van der Waals surface area contributed by atoms with Crippen LogP contribution in [0.1, 0.15) is 26.3 Å². The number of hydrogen-bond acceptors (Lipinski definition) is 5. The molecule has 50 heavy (non-hydrogen) atoms. The van der Waals surface area contributed by atoms with Crippen LogP contribution in [0.5, 0.6) is 11.6 Å². The van der Waals surface area contributed by atoms with Crippen LogP contribution in [-0.4, -0.2) is 23.9 Å². The van der Waals surface area contributed by atoms with Gasteiger partial charge in [0.2, 0.25) is 5.88 Å². The molecule has 0 atom stereocenters. The standard InChI is InChI=1S/C43H31N5O2/c1-43(2,3)26-15-17-27(18-16-26)48-34-13-6-4-10-29(34)30-19-20-38(46-41(30)48)49-28-24-31(32-11-8-9-22-44-32)39-37(25-28)50-36-21-23-47-35-14-7-5-12-33(35)45-42(47)40(36)39/h4-25H,1-3H3. The summed E-state index contributed by atoms with van der Waals surface area (Å²) in [5.41, 5.74) is 10.3. The van der Waals surface area contributed by atoms with Crippen LogP contribution in [0, 0.1) is 0 Å². The number of para-hydroxylation sites is 3. The largest absolute Gasteiger partial charge is 0.456 e. The Bertz CT molecular complexity index is 2930. The molecule has 0 spiro atoms. The molecule has 7 nitrogen and oxygen atoms in total. The Balaban J connectivity index is 1.15. The van der Waals surface area contributed by atoms with Crippen LogP contribution >= 0.6 is 0 Å². The Morgan fingerprint density at radius 1 is 0.660 bits per heavy atom. The quantitative estimate of drug-likeness (QED) is 0.190. The van der Waals surface area contributed by atoms with Crippen LogP contribution < -0.4 is 4.74 Å². The molecule has 0 unspecified atom stereocenters. The van der Waals surface area contributed by atoms with Crippen molar-refractivity contribution in [3.8, 4) is 28.6 Å². The highest BCUT2D eigenvalue weighted by atomic mass is 16.5. The van der Waals surface area contributed by atoms with E-state index in [-0.39, 0.29) is 5.41 Å². The third-order valence-corrected chi connectivity index (χ3v) is 9.64. The van der Waals surface area contributed by atoms with E-state index in [1.165, 1.54) is 5.56 Å². The van der Waals surface area contributed by atoms with Gasteiger partial charge in [-0.15, -0.1) is 0 Å². The predicted molar refractivity (Wildman–Crippen MR) is 201 cm³/mol. The molecular formula is C43H31N5O2. The van der Waals surface area contributed by atoms with Crippen LogP contribution in [0.25, 0.3) is 77.5 Å². The van der Waals surface area contributed by atoms with E-state index in [2.05, 4.69) is 90.4 Å². The van der Waals surface area contributed by atoms with Crippen molar-refractivity contribution in [2.24, 2.45) is 0 Å². The molecule has 0 radical (unpaired) electrons. The summed E-state index contributed by atoms with van der Waals surface area (Å²) < 4.78 is 17.5. The lowest BCUT2D eigenvalue weighted by Crippen LogP contribution is -2.10. The number of nitrogens with zero attached hydrogens (tertiary/aromatic N) is 5. The fourth-order valence-corrected chi connectivity index (χ4v) is 7.23. The van der Waals surface area contributed by atoms with Gasteiger partial charge >= 0.3 is 0 Å². The molecule has 0 fully saturated rings. The van der Waals surface area contributed by atoms with Gasteiger partial charge in [-0.2, -0.15) is 4.98 Å². The van der Waals surface area contributed by atoms with Crippen molar-refractivity contribution in [3.05, 3.63) is 139 Å². The summed E-state index contributed by atoms with van der Waals surface area (Å²) in [6.45, 7) is 6.69. The van der Waals surface area contributed by atoms with Crippen molar-refractivity contribution in [3.63, 3.8) is 0 Å². The molecule has 6 aromatic heterocycles. The molecule has 240 valence electrons. The van der Waals surface area contributed by atoms with Crippen molar-refractivity contribution in [1.29, 1.82) is 0 Å². The normalized spacial score (nSPS) is 12.3. The second kappa shape index (κ2) is 10.5. The lowest BCUT2D eigenvalue weighted by molar-refractivity contribution is 0.464. The average Bonchev–Trinajstić information content (AvgIpc) is 3.80. The van der Waals surface area contributed by atoms with Crippen molar-refractivity contribution in [2.45, 2.75) is 26.2 Å². The molecule has 0 aliphatic carbocycles. The molecule has 0 saturated carbocycles. The van der Waals surface area contributed by atoms with E-state index >= 15 is 0 Å². The molecule has 0 amide bonds. The van der Waals surface area contributed by atoms with Crippen molar-refractivity contribution in [2.75, 3.05) is 0 Å². The van der Waals surface area contributed by atoms with E-state index in [0.717, 1.165) is 71.9 Å². The summed E-state index contributed by atoms with van der Waals surface area (Å²) in [7, 11) is 0. The molecule has 0 bridgehead atoms. The first-order chi connectivity index (χ1) is 24.4. The summed E-state index contributed by atoms with van der Waals surface area (Å²) in [5.74, 6) is 1.09. The molecule has 0 aliphatic heterocycles. The molecule has 10 aromatic rings. The van der Waals surface area contributed by atoms with Gasteiger partial charge in [0.25, 0.3) is 0 Å². The van der Waals surface area contributed by atoms with Gasteiger partial charge in [0.1, 0.15) is 28.2 Å². The highest BCUT2D eigenvalue weighted by molar-refractivity contribution is 6.18. The van der Waals surface area contributed by atoms with Crippen molar-refractivity contribution >= 4 is 60.6 Å². The molecule has 4 aromatic carbocycles. The maximum atomic E-state index is 6.61. The SMILES string of the molecule is CC(C)(C)c1ccc(-n2c3ccccc3c3ccc(Oc4cc(-c5ccccn5)c5c(c4)oc4ccn6c7ccccc7nc6c45)nc32)cc1. The van der Waals surface area contributed by atoms with Gasteiger partial charge in [0.15, 0.2) is 0 Å². The van der Waals surface area contributed by atoms with Gasteiger partial charge in [0, 0.05) is 51.9 Å². The smallest absolute Gasteiger partial charge is 0.221 e. The van der Waals surface area contributed by atoms with E-state index in [9.17, 15) is 0 Å². The Kier molecular flexibility index (Phi) is 6.00. The monoisotopic (exact) mass is 649 g/mol. The average molecular weight is 650 g/mol. The van der Waals surface area contributed by atoms with Gasteiger partial charge in [-0.05, 0) is 71.6 Å². The van der Waals surface area contributed by atoms with Gasteiger partial charge in [0.05, 0.1) is 27.6 Å². The second-order valence-corrected chi connectivity index (χ2v) is 13.8. The zero-order valence-corrected chi connectivity index (χ0v) is 27.8. The first kappa shape index (κ1) is 28.5. The molecule has 0 N–H and O–H groups in total. The number of benzene rings is 4. The molecular weight excluding hydrogens is 619 g/mol. The topological polar surface area (TPSA) is 70.4 Å². The summed E-state index contributed by atoms with van der Waals surface area (Å²) in [4.78, 5) is 14.9. The lowest BCUT2D eigenvalue weighted by atomic mass is 9.87. The summed E-state index contributed by atoms with van der Waals surface area (Å²) in [6.07, 6.45) is 3.82. The Morgan fingerprint density at radius 3 is 2.28 bits per heavy atom. The zero-order valence-electron chi connectivity index (χ0n) is 27.8. The van der Waals surface area contributed by atoms with E-state index in [1.807, 2.05) is 66.9 Å². The molecule has 0 saturated heterocycles. The summed E-state index contributed by atoms with van der Waals surface area (Å²) in [6, 6.07) is 41.3. The fourth-order valence-electron chi connectivity index (χ4n) is 7.23. The molecule has 0 aliphatic rings. The Morgan fingerprint density at radius 2 is 1.46 bits per heavy atom. The zero-order chi connectivity index (χ0) is 33.6. The number of imidazole rings is 1. The van der Waals surface area contributed by atoms with Crippen LogP contribution in [0.3, 0.4) is 0 Å². The second-order valence-electron chi connectivity index (χ2n) is 13.8. The third-order valence-electron chi connectivity index (χ3n) is 9.64.